The van der Waals surface area contributed by atoms with Crippen molar-refractivity contribution in [2.45, 2.75) is 58.4 Å². The molecule has 2 nitrogen and oxygen atoms in total. The van der Waals surface area contributed by atoms with E-state index in [9.17, 15) is 8.78 Å². The molecule has 0 amide bonds. The molecule has 0 spiro atoms. The molecular weight excluding hydrogens is 210 g/mol. The first-order valence-electron chi connectivity index (χ1n) is 6.46. The van der Waals surface area contributed by atoms with Crippen LogP contribution in [-0.4, -0.2) is 31.6 Å². The summed E-state index contributed by atoms with van der Waals surface area (Å²) in [5.41, 5.74) is 0. The SMILES string of the molecule is CC.CCCCCNCC1CC(F)(F)CN1. The fraction of sp³-hybridized carbons (Fsp3) is 1.00. The first-order chi connectivity index (χ1) is 7.64. The Bertz CT molecular complexity index is 163. The van der Waals surface area contributed by atoms with Crippen LogP contribution in [0, 0.1) is 0 Å². The third-order valence-corrected chi connectivity index (χ3v) is 2.54. The molecule has 0 aromatic heterocycles. The fourth-order valence-corrected chi connectivity index (χ4v) is 1.72. The van der Waals surface area contributed by atoms with E-state index in [0.717, 1.165) is 13.0 Å². The molecule has 16 heavy (non-hydrogen) atoms. The normalized spacial score (nSPS) is 22.7. The molecule has 98 valence electrons. The predicted molar refractivity (Wildman–Crippen MR) is 65.1 cm³/mol. The quantitative estimate of drug-likeness (QED) is 0.693. The summed E-state index contributed by atoms with van der Waals surface area (Å²) in [6, 6.07) is -0.0494. The highest BCUT2D eigenvalue weighted by molar-refractivity contribution is 4.88. The van der Waals surface area contributed by atoms with Crippen molar-refractivity contribution in [3.05, 3.63) is 0 Å². The largest absolute Gasteiger partial charge is 0.315 e. The van der Waals surface area contributed by atoms with Crippen molar-refractivity contribution in [3.63, 3.8) is 0 Å². The van der Waals surface area contributed by atoms with Crippen molar-refractivity contribution >= 4 is 0 Å². The summed E-state index contributed by atoms with van der Waals surface area (Å²) in [5, 5.41) is 6.03. The van der Waals surface area contributed by atoms with Crippen molar-refractivity contribution in [1.29, 1.82) is 0 Å². The van der Waals surface area contributed by atoms with Crippen LogP contribution in [0.2, 0.25) is 0 Å². The molecule has 1 unspecified atom stereocenters. The summed E-state index contributed by atoms with van der Waals surface area (Å²) in [4.78, 5) is 0. The number of hydrogen-bond donors (Lipinski definition) is 2. The molecule has 0 aliphatic carbocycles. The number of rotatable bonds is 6. The van der Waals surface area contributed by atoms with Gasteiger partial charge in [-0.2, -0.15) is 0 Å². The fourth-order valence-electron chi connectivity index (χ4n) is 1.72. The maximum Gasteiger partial charge on any atom is 0.261 e. The second-order valence-corrected chi connectivity index (χ2v) is 4.05. The topological polar surface area (TPSA) is 24.1 Å². The zero-order valence-corrected chi connectivity index (χ0v) is 10.8. The van der Waals surface area contributed by atoms with Gasteiger partial charge in [0.25, 0.3) is 5.92 Å². The van der Waals surface area contributed by atoms with Gasteiger partial charge in [0, 0.05) is 19.0 Å². The number of nitrogens with one attached hydrogen (secondary N) is 2. The molecule has 1 saturated heterocycles. The Hall–Kier alpha value is -0.220. The van der Waals surface area contributed by atoms with Crippen molar-refractivity contribution in [1.82, 2.24) is 10.6 Å². The molecule has 0 aromatic carbocycles. The van der Waals surface area contributed by atoms with E-state index in [0.29, 0.717) is 6.54 Å². The zero-order chi connectivity index (χ0) is 12.4. The second kappa shape index (κ2) is 8.88. The molecule has 0 bridgehead atoms. The van der Waals surface area contributed by atoms with Crippen LogP contribution in [0.1, 0.15) is 46.5 Å². The monoisotopic (exact) mass is 236 g/mol. The lowest BCUT2D eigenvalue weighted by Gasteiger charge is -2.11. The molecule has 0 aromatic rings. The van der Waals surface area contributed by atoms with E-state index in [4.69, 9.17) is 0 Å². The molecule has 1 heterocycles. The van der Waals surface area contributed by atoms with Crippen LogP contribution in [0.15, 0.2) is 0 Å². The first kappa shape index (κ1) is 15.8. The second-order valence-electron chi connectivity index (χ2n) is 4.05. The average Bonchev–Trinajstić information content (AvgIpc) is 2.61. The summed E-state index contributed by atoms with van der Waals surface area (Å²) < 4.78 is 25.5. The number of unbranched alkanes of at least 4 members (excludes halogenated alkanes) is 2. The van der Waals surface area contributed by atoms with Crippen LogP contribution in [0.5, 0.6) is 0 Å². The van der Waals surface area contributed by atoms with Gasteiger partial charge in [-0.3, -0.25) is 0 Å². The Morgan fingerprint density at radius 2 is 2.00 bits per heavy atom. The zero-order valence-electron chi connectivity index (χ0n) is 10.8. The van der Waals surface area contributed by atoms with Crippen molar-refractivity contribution in [2.75, 3.05) is 19.6 Å². The lowest BCUT2D eigenvalue weighted by Crippen LogP contribution is -2.34. The van der Waals surface area contributed by atoms with Crippen LogP contribution in [0.3, 0.4) is 0 Å². The Morgan fingerprint density at radius 1 is 1.31 bits per heavy atom. The van der Waals surface area contributed by atoms with Crippen molar-refractivity contribution in [3.8, 4) is 0 Å². The van der Waals surface area contributed by atoms with Gasteiger partial charge < -0.3 is 10.6 Å². The van der Waals surface area contributed by atoms with Crippen LogP contribution >= 0.6 is 0 Å². The summed E-state index contributed by atoms with van der Waals surface area (Å²) in [6.45, 7) is 7.60. The minimum Gasteiger partial charge on any atom is -0.315 e. The van der Waals surface area contributed by atoms with E-state index in [1.165, 1.54) is 12.8 Å². The van der Waals surface area contributed by atoms with Crippen molar-refractivity contribution in [2.24, 2.45) is 0 Å². The maximum atomic E-state index is 12.7. The van der Waals surface area contributed by atoms with E-state index < -0.39 is 5.92 Å². The highest BCUT2D eigenvalue weighted by Crippen LogP contribution is 2.24. The molecular formula is C12H26F2N2. The molecule has 0 radical (unpaired) electrons. The Morgan fingerprint density at radius 3 is 2.50 bits per heavy atom. The molecule has 1 aliphatic rings. The van der Waals surface area contributed by atoms with Gasteiger partial charge in [0.2, 0.25) is 0 Å². The van der Waals surface area contributed by atoms with E-state index in [1.54, 1.807) is 0 Å². The highest BCUT2D eigenvalue weighted by Gasteiger charge is 2.38. The van der Waals surface area contributed by atoms with Crippen molar-refractivity contribution < 1.29 is 8.78 Å². The van der Waals surface area contributed by atoms with Crippen LogP contribution < -0.4 is 10.6 Å². The minimum absolute atomic E-state index is 0.0201. The first-order valence-corrected chi connectivity index (χ1v) is 6.46. The van der Waals surface area contributed by atoms with E-state index in [1.807, 2.05) is 13.8 Å². The highest BCUT2D eigenvalue weighted by atomic mass is 19.3. The van der Waals surface area contributed by atoms with E-state index in [-0.39, 0.29) is 19.0 Å². The minimum atomic E-state index is -2.49. The number of hydrogen-bond acceptors (Lipinski definition) is 2. The van der Waals surface area contributed by atoms with Gasteiger partial charge >= 0.3 is 0 Å². The summed E-state index contributed by atoms with van der Waals surface area (Å²) in [7, 11) is 0. The van der Waals surface area contributed by atoms with Gasteiger partial charge in [0.05, 0.1) is 6.54 Å². The Kier molecular flexibility index (Phi) is 8.76. The van der Waals surface area contributed by atoms with Crippen LogP contribution in [-0.2, 0) is 0 Å². The van der Waals surface area contributed by atoms with Crippen LogP contribution in [0.25, 0.3) is 0 Å². The lowest BCUT2D eigenvalue weighted by molar-refractivity contribution is 0.0211. The Balaban J connectivity index is 0.00000106. The van der Waals surface area contributed by atoms with Gasteiger partial charge in [-0.15, -0.1) is 0 Å². The van der Waals surface area contributed by atoms with E-state index in [2.05, 4.69) is 17.6 Å². The molecule has 1 rings (SSSR count). The molecule has 2 N–H and O–H groups in total. The van der Waals surface area contributed by atoms with Gasteiger partial charge in [-0.1, -0.05) is 33.6 Å². The summed E-state index contributed by atoms with van der Waals surface area (Å²) in [5.74, 6) is -2.49. The van der Waals surface area contributed by atoms with Gasteiger partial charge in [-0.05, 0) is 13.0 Å². The standard InChI is InChI=1S/C10H20F2N2.C2H6/c1-2-3-4-5-13-7-9-6-10(11,12)8-14-9;1-2/h9,13-14H,2-8H2,1H3;1-2H3. The number of halogens is 2. The maximum absolute atomic E-state index is 12.7. The van der Waals surface area contributed by atoms with E-state index >= 15 is 0 Å². The lowest BCUT2D eigenvalue weighted by atomic mass is 10.2. The number of alkyl halides is 2. The summed E-state index contributed by atoms with van der Waals surface area (Å²) >= 11 is 0. The van der Waals surface area contributed by atoms with Crippen LogP contribution in [0.4, 0.5) is 8.78 Å². The van der Waals surface area contributed by atoms with Gasteiger partial charge in [-0.25, -0.2) is 8.78 Å². The van der Waals surface area contributed by atoms with Gasteiger partial charge in [0.1, 0.15) is 0 Å². The molecule has 4 heteroatoms. The molecule has 1 atom stereocenters. The average molecular weight is 236 g/mol. The summed E-state index contributed by atoms with van der Waals surface area (Å²) in [6.07, 6.45) is 3.52. The third-order valence-electron chi connectivity index (χ3n) is 2.54. The molecule has 1 aliphatic heterocycles. The Labute approximate surface area is 98.2 Å². The smallest absolute Gasteiger partial charge is 0.261 e. The van der Waals surface area contributed by atoms with Gasteiger partial charge in [0.15, 0.2) is 0 Å². The molecule has 0 saturated carbocycles. The predicted octanol–water partition coefficient (Wildman–Crippen LogP) is 2.79. The third kappa shape index (κ3) is 7.12. The molecule has 1 fully saturated rings.